The Bertz CT molecular complexity index is 450. The van der Waals surface area contributed by atoms with E-state index >= 15 is 0 Å². The Hall–Kier alpha value is -1.55. The number of benzene rings is 1. The average Bonchev–Trinajstić information content (AvgIpc) is 2.84. The largest absolute Gasteiger partial charge is 0.497 e. The summed E-state index contributed by atoms with van der Waals surface area (Å²) in [7, 11) is 1.64. The number of ether oxygens (including phenoxy) is 1. The summed E-state index contributed by atoms with van der Waals surface area (Å²) in [4.78, 5) is 12.1. The molecule has 0 bridgehead atoms. The summed E-state index contributed by atoms with van der Waals surface area (Å²) >= 11 is 0. The molecule has 1 fully saturated rings. The number of hydrogen-bond donors (Lipinski definition) is 2. The molecule has 0 aliphatic heterocycles. The van der Waals surface area contributed by atoms with Gasteiger partial charge in [0.2, 0.25) is 5.91 Å². The summed E-state index contributed by atoms with van der Waals surface area (Å²) in [6.07, 6.45) is 4.61. The third kappa shape index (κ3) is 3.73. The lowest BCUT2D eigenvalue weighted by atomic mass is 9.94. The van der Waals surface area contributed by atoms with Gasteiger partial charge in [0, 0.05) is 12.0 Å². The third-order valence-corrected chi connectivity index (χ3v) is 4.11. The van der Waals surface area contributed by atoms with Crippen LogP contribution in [0.1, 0.15) is 50.6 Å². The van der Waals surface area contributed by atoms with Crippen molar-refractivity contribution in [1.29, 1.82) is 0 Å². The van der Waals surface area contributed by atoms with E-state index in [1.165, 1.54) is 0 Å². The van der Waals surface area contributed by atoms with Crippen molar-refractivity contribution in [2.45, 2.75) is 50.6 Å². The molecule has 0 aromatic heterocycles. The van der Waals surface area contributed by atoms with E-state index in [1.807, 2.05) is 31.2 Å². The van der Waals surface area contributed by atoms with Gasteiger partial charge in [0.25, 0.3) is 0 Å². The van der Waals surface area contributed by atoms with Gasteiger partial charge in [-0.05, 0) is 37.5 Å². The minimum absolute atomic E-state index is 0.0154. The van der Waals surface area contributed by atoms with Gasteiger partial charge in [0.15, 0.2) is 0 Å². The molecule has 0 heterocycles. The fourth-order valence-corrected chi connectivity index (χ4v) is 2.84. The van der Waals surface area contributed by atoms with Crippen LogP contribution in [0.15, 0.2) is 24.3 Å². The highest BCUT2D eigenvalue weighted by Gasteiger charge is 2.31. The first kappa shape index (κ1) is 14.9. The SMILES string of the molecule is COc1ccc(C(C)NC(=O)CC2(N)CCCC2)cc1. The highest BCUT2D eigenvalue weighted by Crippen LogP contribution is 2.30. The highest BCUT2D eigenvalue weighted by atomic mass is 16.5. The van der Waals surface area contributed by atoms with E-state index in [4.69, 9.17) is 10.5 Å². The number of nitrogens with one attached hydrogen (secondary N) is 1. The molecular formula is C16H24N2O2. The molecule has 1 unspecified atom stereocenters. The summed E-state index contributed by atoms with van der Waals surface area (Å²) < 4.78 is 5.13. The normalized spacial score (nSPS) is 18.6. The van der Waals surface area contributed by atoms with Crippen LogP contribution in [0.2, 0.25) is 0 Å². The van der Waals surface area contributed by atoms with E-state index in [9.17, 15) is 4.79 Å². The lowest BCUT2D eigenvalue weighted by Gasteiger charge is -2.24. The van der Waals surface area contributed by atoms with Gasteiger partial charge in [-0.25, -0.2) is 0 Å². The Kier molecular flexibility index (Phi) is 4.65. The summed E-state index contributed by atoms with van der Waals surface area (Å²) in [5, 5.41) is 3.03. The predicted molar refractivity (Wildman–Crippen MR) is 79.6 cm³/mol. The van der Waals surface area contributed by atoms with Gasteiger partial charge in [-0.2, -0.15) is 0 Å². The van der Waals surface area contributed by atoms with Gasteiger partial charge >= 0.3 is 0 Å². The van der Waals surface area contributed by atoms with Crippen molar-refractivity contribution in [2.75, 3.05) is 7.11 Å². The first-order chi connectivity index (χ1) is 9.52. The van der Waals surface area contributed by atoms with Gasteiger partial charge in [-0.3, -0.25) is 4.79 Å². The second-order valence-electron chi connectivity index (χ2n) is 5.81. The number of hydrogen-bond acceptors (Lipinski definition) is 3. The molecule has 1 amide bonds. The van der Waals surface area contributed by atoms with Gasteiger partial charge in [-0.15, -0.1) is 0 Å². The molecule has 1 aliphatic rings. The van der Waals surface area contributed by atoms with Gasteiger partial charge in [-0.1, -0.05) is 25.0 Å². The molecule has 1 aromatic carbocycles. The van der Waals surface area contributed by atoms with Crippen LogP contribution >= 0.6 is 0 Å². The number of carbonyl (C=O) groups excluding carboxylic acids is 1. The molecule has 0 spiro atoms. The van der Waals surface area contributed by atoms with Crippen molar-refractivity contribution in [3.05, 3.63) is 29.8 Å². The maximum atomic E-state index is 12.1. The number of methoxy groups -OCH3 is 1. The zero-order valence-corrected chi connectivity index (χ0v) is 12.3. The minimum Gasteiger partial charge on any atom is -0.497 e. The number of nitrogens with two attached hydrogens (primary N) is 1. The van der Waals surface area contributed by atoms with E-state index in [2.05, 4.69) is 5.32 Å². The number of amides is 1. The molecule has 3 N–H and O–H groups in total. The maximum absolute atomic E-state index is 12.1. The summed E-state index contributed by atoms with van der Waals surface area (Å²) in [6.45, 7) is 1.98. The lowest BCUT2D eigenvalue weighted by molar-refractivity contribution is -0.122. The van der Waals surface area contributed by atoms with Crippen molar-refractivity contribution in [3.8, 4) is 5.75 Å². The first-order valence-electron chi connectivity index (χ1n) is 7.25. The maximum Gasteiger partial charge on any atom is 0.222 e. The average molecular weight is 276 g/mol. The topological polar surface area (TPSA) is 64.3 Å². The molecule has 0 radical (unpaired) electrons. The van der Waals surface area contributed by atoms with Crippen LogP contribution in [0.4, 0.5) is 0 Å². The van der Waals surface area contributed by atoms with Crippen LogP contribution in [-0.4, -0.2) is 18.6 Å². The summed E-state index contributed by atoms with van der Waals surface area (Å²) in [5.41, 5.74) is 7.01. The minimum atomic E-state index is -0.288. The molecular weight excluding hydrogens is 252 g/mol. The van der Waals surface area contributed by atoms with Crippen LogP contribution in [0.5, 0.6) is 5.75 Å². The lowest BCUT2D eigenvalue weighted by Crippen LogP contribution is -2.42. The van der Waals surface area contributed by atoms with Crippen molar-refractivity contribution >= 4 is 5.91 Å². The van der Waals surface area contributed by atoms with Crippen LogP contribution in [0.3, 0.4) is 0 Å². The predicted octanol–water partition coefficient (Wildman–Crippen LogP) is 2.53. The Labute approximate surface area is 120 Å². The quantitative estimate of drug-likeness (QED) is 0.868. The van der Waals surface area contributed by atoms with Gasteiger partial charge < -0.3 is 15.8 Å². The molecule has 1 aliphatic carbocycles. The molecule has 0 saturated heterocycles. The molecule has 2 rings (SSSR count). The highest BCUT2D eigenvalue weighted by molar-refractivity contribution is 5.77. The third-order valence-electron chi connectivity index (χ3n) is 4.11. The number of carbonyl (C=O) groups is 1. The smallest absolute Gasteiger partial charge is 0.222 e. The van der Waals surface area contributed by atoms with Crippen molar-refractivity contribution < 1.29 is 9.53 Å². The second kappa shape index (κ2) is 6.27. The van der Waals surface area contributed by atoms with Crippen LogP contribution in [-0.2, 0) is 4.79 Å². The van der Waals surface area contributed by atoms with E-state index in [1.54, 1.807) is 7.11 Å². The van der Waals surface area contributed by atoms with Crippen LogP contribution in [0.25, 0.3) is 0 Å². The molecule has 1 saturated carbocycles. The first-order valence-corrected chi connectivity index (χ1v) is 7.25. The van der Waals surface area contributed by atoms with E-state index in [-0.39, 0.29) is 17.5 Å². The number of rotatable bonds is 5. The van der Waals surface area contributed by atoms with Crippen molar-refractivity contribution in [3.63, 3.8) is 0 Å². The van der Waals surface area contributed by atoms with Crippen LogP contribution < -0.4 is 15.8 Å². The summed E-state index contributed by atoms with van der Waals surface area (Å²) in [5.74, 6) is 0.858. The molecule has 1 aromatic rings. The van der Waals surface area contributed by atoms with Gasteiger partial charge in [0.1, 0.15) is 5.75 Å². The fraction of sp³-hybridized carbons (Fsp3) is 0.562. The van der Waals surface area contributed by atoms with E-state index in [0.29, 0.717) is 6.42 Å². The van der Waals surface area contributed by atoms with E-state index < -0.39 is 0 Å². The Morgan fingerprint density at radius 1 is 1.35 bits per heavy atom. The Morgan fingerprint density at radius 3 is 2.50 bits per heavy atom. The zero-order chi connectivity index (χ0) is 14.6. The molecule has 20 heavy (non-hydrogen) atoms. The molecule has 4 nitrogen and oxygen atoms in total. The van der Waals surface area contributed by atoms with Crippen molar-refractivity contribution in [2.24, 2.45) is 5.73 Å². The standard InChI is InChI=1S/C16H24N2O2/c1-12(13-5-7-14(20-2)8-6-13)18-15(19)11-16(17)9-3-4-10-16/h5-8,12H,3-4,9-11,17H2,1-2H3,(H,18,19). The second-order valence-corrected chi connectivity index (χ2v) is 5.81. The molecule has 4 heteroatoms. The Morgan fingerprint density at radius 2 is 1.95 bits per heavy atom. The van der Waals surface area contributed by atoms with Crippen LogP contribution in [0, 0.1) is 0 Å². The molecule has 1 atom stereocenters. The summed E-state index contributed by atoms with van der Waals surface area (Å²) in [6, 6.07) is 7.73. The Balaban J connectivity index is 1.89. The van der Waals surface area contributed by atoms with Crippen molar-refractivity contribution in [1.82, 2.24) is 5.32 Å². The molecule has 110 valence electrons. The fourth-order valence-electron chi connectivity index (χ4n) is 2.84. The monoisotopic (exact) mass is 276 g/mol. The zero-order valence-electron chi connectivity index (χ0n) is 12.3. The van der Waals surface area contributed by atoms with E-state index in [0.717, 1.165) is 37.0 Å². The van der Waals surface area contributed by atoms with Gasteiger partial charge in [0.05, 0.1) is 13.2 Å².